The summed E-state index contributed by atoms with van der Waals surface area (Å²) >= 11 is 0. The Kier molecular flexibility index (Phi) is 13.4. The van der Waals surface area contributed by atoms with Gasteiger partial charge in [0.05, 0.1) is 0 Å². The number of fused-ring (bicyclic) bond motifs is 1. The highest BCUT2D eigenvalue weighted by Gasteiger charge is 2.33. The van der Waals surface area contributed by atoms with Crippen molar-refractivity contribution in [2.75, 3.05) is 13.6 Å². The number of likely N-dealkylation sites (N-methyl/N-ethyl adjacent to an activating group) is 1. The van der Waals surface area contributed by atoms with Crippen molar-refractivity contribution in [3.05, 3.63) is 72.2 Å². The maximum Gasteiger partial charge on any atom is 0.00172 e. The number of benzene rings is 1. The number of hydrogen-bond acceptors (Lipinski definition) is 1. The van der Waals surface area contributed by atoms with E-state index in [1.165, 1.54) is 76.2 Å². The zero-order chi connectivity index (χ0) is 22.5. The van der Waals surface area contributed by atoms with E-state index in [1.54, 1.807) is 11.1 Å². The van der Waals surface area contributed by atoms with Crippen LogP contribution in [-0.2, 0) is 12.8 Å². The van der Waals surface area contributed by atoms with Crippen molar-refractivity contribution in [3.63, 3.8) is 0 Å². The van der Waals surface area contributed by atoms with Crippen LogP contribution < -0.4 is 5.32 Å². The average Bonchev–Trinajstić information content (AvgIpc) is 2.90. The van der Waals surface area contributed by atoms with Gasteiger partial charge in [0.2, 0.25) is 0 Å². The molecule has 0 spiro atoms. The van der Waals surface area contributed by atoms with Crippen molar-refractivity contribution in [2.24, 2.45) is 11.3 Å². The molecule has 0 heterocycles. The van der Waals surface area contributed by atoms with E-state index in [-0.39, 0.29) is 8.85 Å². The van der Waals surface area contributed by atoms with Crippen LogP contribution in [0.5, 0.6) is 0 Å². The van der Waals surface area contributed by atoms with Crippen molar-refractivity contribution < 1.29 is 1.43 Å². The van der Waals surface area contributed by atoms with Gasteiger partial charge in [0.15, 0.2) is 0 Å². The Morgan fingerprint density at radius 3 is 2.41 bits per heavy atom. The topological polar surface area (TPSA) is 12.0 Å². The first-order chi connectivity index (χ1) is 15.0. The summed E-state index contributed by atoms with van der Waals surface area (Å²) in [6.07, 6.45) is 18.6. The second-order valence-electron chi connectivity index (χ2n) is 10.1. The van der Waals surface area contributed by atoms with Crippen LogP contribution in [0.3, 0.4) is 0 Å². The number of rotatable bonds is 9. The molecule has 1 heteroatoms. The number of allylic oxidation sites excluding steroid dienone is 1. The van der Waals surface area contributed by atoms with E-state index >= 15 is 0 Å². The summed E-state index contributed by atoms with van der Waals surface area (Å²) in [5.41, 5.74) is 10.4. The third-order valence-electron chi connectivity index (χ3n) is 7.32. The van der Waals surface area contributed by atoms with Crippen molar-refractivity contribution in [3.8, 4) is 0 Å². The Balaban J connectivity index is 0.00000194. The number of nitrogens with one attached hydrogen (secondary N) is 1. The lowest BCUT2D eigenvalue weighted by atomic mass is 9.79. The second kappa shape index (κ2) is 15.1. The predicted molar refractivity (Wildman–Crippen MR) is 146 cm³/mol. The van der Waals surface area contributed by atoms with E-state index < -0.39 is 0 Å². The molecule has 2 aliphatic carbocycles. The zero-order valence-corrected chi connectivity index (χ0v) is 20.3. The minimum Gasteiger partial charge on any atom is -0.319 e. The van der Waals surface area contributed by atoms with Gasteiger partial charge in [-0.1, -0.05) is 90.8 Å². The largest absolute Gasteiger partial charge is 0.319 e. The molecule has 2 aliphatic rings. The summed E-state index contributed by atoms with van der Waals surface area (Å²) in [6, 6.07) is 7.37. The highest BCUT2D eigenvalue weighted by molar-refractivity contribution is 5.39. The van der Waals surface area contributed by atoms with Crippen LogP contribution in [0.4, 0.5) is 0 Å². The molecule has 0 bridgehead atoms. The van der Waals surface area contributed by atoms with Crippen LogP contribution in [-0.4, -0.2) is 13.6 Å². The summed E-state index contributed by atoms with van der Waals surface area (Å²) < 4.78 is 0. The molecule has 2 atom stereocenters. The third kappa shape index (κ3) is 8.99. The highest BCUT2D eigenvalue weighted by atomic mass is 14.8. The van der Waals surface area contributed by atoms with Crippen LogP contribution in [0.1, 0.15) is 103 Å². The predicted octanol–water partition coefficient (Wildman–Crippen LogP) is 8.81. The molecule has 1 aromatic rings. The van der Waals surface area contributed by atoms with E-state index in [0.717, 1.165) is 18.9 Å². The Morgan fingerprint density at radius 2 is 1.78 bits per heavy atom. The van der Waals surface area contributed by atoms with Crippen molar-refractivity contribution in [1.82, 2.24) is 5.32 Å². The van der Waals surface area contributed by atoms with E-state index in [9.17, 15) is 0 Å². The molecule has 1 N–H and O–H groups in total. The summed E-state index contributed by atoms with van der Waals surface area (Å²) in [5, 5.41) is 3.39. The summed E-state index contributed by atoms with van der Waals surface area (Å²) in [5.74, 6) is 1.58. The van der Waals surface area contributed by atoms with Gasteiger partial charge in [0, 0.05) is 7.97 Å². The second-order valence-corrected chi connectivity index (χ2v) is 10.1. The lowest BCUT2D eigenvalue weighted by molar-refractivity contribution is 0.268. The summed E-state index contributed by atoms with van der Waals surface area (Å²) in [7, 11) is 2.06. The standard InChI is InChI=1S/C27H41N.C3H4.CH4.H2/c1-4-5-8-13-25(21-28-3)23-14-15-24-19-27(2,20-26(24)18-23)17-16-22-11-9-6-7-10-12-22;1-3-2;;/h5,14-15,18,22,25,28H,1,6-13,16-17,19-21H2,2-3H3;1-2H2;1H4;1H. The average molecular weight is 438 g/mol. The van der Waals surface area contributed by atoms with Crippen LogP contribution >= 0.6 is 0 Å². The molecule has 3 rings (SSSR count). The summed E-state index contributed by atoms with van der Waals surface area (Å²) in [6.45, 7) is 13.5. The molecule has 1 saturated carbocycles. The van der Waals surface area contributed by atoms with E-state index in [0.29, 0.717) is 11.3 Å². The lowest BCUT2D eigenvalue weighted by Gasteiger charge is -2.26. The molecule has 0 radical (unpaired) electrons. The van der Waals surface area contributed by atoms with Gasteiger partial charge < -0.3 is 5.32 Å². The monoisotopic (exact) mass is 437 g/mol. The molecule has 1 fully saturated rings. The first-order valence-corrected chi connectivity index (χ1v) is 12.4. The molecule has 0 aromatic heterocycles. The van der Waals surface area contributed by atoms with Crippen molar-refractivity contribution in [2.45, 2.75) is 97.3 Å². The smallest absolute Gasteiger partial charge is 0.00172 e. The summed E-state index contributed by atoms with van der Waals surface area (Å²) in [4.78, 5) is 0. The Bertz CT molecular complexity index is 746. The fourth-order valence-electron chi connectivity index (χ4n) is 5.62. The Labute approximate surface area is 201 Å². The quantitative estimate of drug-likeness (QED) is 0.300. The van der Waals surface area contributed by atoms with E-state index in [4.69, 9.17) is 0 Å². The maximum atomic E-state index is 3.70. The minimum absolute atomic E-state index is 0. The van der Waals surface area contributed by atoms with Gasteiger partial charge in [-0.15, -0.1) is 11.5 Å². The van der Waals surface area contributed by atoms with Crippen LogP contribution in [0.2, 0.25) is 0 Å². The first kappa shape index (κ1) is 28.3. The Morgan fingerprint density at radius 1 is 1.12 bits per heavy atom. The van der Waals surface area contributed by atoms with Crippen LogP contribution in [0.25, 0.3) is 0 Å². The highest BCUT2D eigenvalue weighted by Crippen LogP contribution is 2.43. The normalized spacial score (nSPS) is 20.9. The minimum atomic E-state index is 0. The fourth-order valence-corrected chi connectivity index (χ4v) is 5.62. The molecule has 1 nitrogen and oxygen atoms in total. The third-order valence-corrected chi connectivity index (χ3v) is 7.32. The van der Waals surface area contributed by atoms with Gasteiger partial charge in [0.1, 0.15) is 0 Å². The van der Waals surface area contributed by atoms with E-state index in [2.05, 4.69) is 74.8 Å². The van der Waals surface area contributed by atoms with E-state index in [1.807, 2.05) is 0 Å². The molecule has 0 amide bonds. The fraction of sp³-hybridized carbons (Fsp3) is 0.613. The van der Waals surface area contributed by atoms with Gasteiger partial charge in [0.25, 0.3) is 0 Å². The molecule has 0 saturated heterocycles. The lowest BCUT2D eigenvalue weighted by Crippen LogP contribution is -2.18. The maximum absolute atomic E-state index is 3.70. The molecule has 180 valence electrons. The van der Waals surface area contributed by atoms with Crippen molar-refractivity contribution >= 4 is 0 Å². The SMILES string of the molecule is C.C=C=C.C=C=CCCC(CNC)c1ccc2c(c1)CC(C)(CCC1CCCCCC1)C2.[HH]. The van der Waals surface area contributed by atoms with Gasteiger partial charge in [-0.3, -0.25) is 0 Å². The van der Waals surface area contributed by atoms with Gasteiger partial charge in [-0.2, -0.15) is 0 Å². The molecule has 1 aromatic carbocycles. The van der Waals surface area contributed by atoms with Crippen LogP contribution in [0.15, 0.2) is 55.5 Å². The van der Waals surface area contributed by atoms with Crippen LogP contribution in [0, 0.1) is 11.3 Å². The first-order valence-electron chi connectivity index (χ1n) is 12.4. The molecule has 2 unspecified atom stereocenters. The zero-order valence-electron chi connectivity index (χ0n) is 20.3. The van der Waals surface area contributed by atoms with Gasteiger partial charge in [-0.05, 0) is 85.6 Å². The molecule has 32 heavy (non-hydrogen) atoms. The van der Waals surface area contributed by atoms with Gasteiger partial charge >= 0.3 is 0 Å². The number of hydrogen-bond donors (Lipinski definition) is 1. The molecular formula is C31H51N. The molecule has 0 aliphatic heterocycles. The van der Waals surface area contributed by atoms with Gasteiger partial charge in [-0.25, -0.2) is 0 Å². The Hall–Kier alpha value is -1.78. The van der Waals surface area contributed by atoms with Crippen molar-refractivity contribution in [1.29, 1.82) is 0 Å². The molecular weight excluding hydrogens is 386 g/mol.